The van der Waals surface area contributed by atoms with Gasteiger partial charge in [-0.2, -0.15) is 0 Å². The van der Waals surface area contributed by atoms with E-state index in [2.05, 4.69) is 0 Å². The molecular formula is C21H22N2O8. The van der Waals surface area contributed by atoms with Crippen LogP contribution >= 0.6 is 0 Å². The van der Waals surface area contributed by atoms with Crippen molar-refractivity contribution < 1.29 is 39.9 Å². The lowest BCUT2D eigenvalue weighted by atomic mass is 9.57. The van der Waals surface area contributed by atoms with Crippen molar-refractivity contribution in [1.82, 2.24) is 4.90 Å². The highest BCUT2D eigenvalue weighted by Crippen LogP contribution is 2.55. The highest BCUT2D eigenvalue weighted by atomic mass is 16.3. The first-order valence-electron chi connectivity index (χ1n) is 9.59. The zero-order valence-electron chi connectivity index (χ0n) is 16.7. The van der Waals surface area contributed by atoms with E-state index < -0.39 is 69.7 Å². The number of primary amides is 1. The lowest BCUT2D eigenvalue weighted by molar-refractivity contribution is -0.155. The van der Waals surface area contributed by atoms with Crippen LogP contribution in [-0.4, -0.2) is 73.6 Å². The summed E-state index contributed by atoms with van der Waals surface area (Å²) in [5.74, 6) is -7.79. The van der Waals surface area contributed by atoms with Gasteiger partial charge in [-0.1, -0.05) is 12.1 Å². The van der Waals surface area contributed by atoms with Crippen LogP contribution in [0, 0.1) is 11.8 Å². The fourth-order valence-electron chi connectivity index (χ4n) is 5.20. The van der Waals surface area contributed by atoms with Gasteiger partial charge in [0.2, 0.25) is 5.78 Å². The Kier molecular flexibility index (Phi) is 4.51. The van der Waals surface area contributed by atoms with Gasteiger partial charge >= 0.3 is 0 Å². The summed E-state index contributed by atoms with van der Waals surface area (Å²) >= 11 is 0. The standard InChI is InChI=1S/C21H22N2O8/c1-23(2)14-9-6-8-12(16(26)11-7(15(8)25)4-3-5-10(11)24)18(28)21(9,31)19(29)13(17(14)27)20(22)30/h3-5,8-9,14-15,24-26,29,31H,6H2,1-2H3,(H2,22,30)/t8-,9-,14+,15+,21-/m0/s1. The number of ketones is 2. The molecule has 5 atom stereocenters. The highest BCUT2D eigenvalue weighted by Gasteiger charge is 2.65. The molecule has 0 radical (unpaired) electrons. The molecule has 0 bridgehead atoms. The number of likely N-dealkylation sites (N-methyl/N-ethyl adjacent to an activating group) is 1. The van der Waals surface area contributed by atoms with Crippen LogP contribution in [-0.2, 0) is 14.4 Å². The summed E-state index contributed by atoms with van der Waals surface area (Å²) < 4.78 is 0. The fourth-order valence-corrected chi connectivity index (χ4v) is 5.20. The number of hydrogen-bond acceptors (Lipinski definition) is 9. The Morgan fingerprint density at radius 2 is 1.84 bits per heavy atom. The molecule has 0 spiro atoms. The minimum Gasteiger partial charge on any atom is -0.508 e. The summed E-state index contributed by atoms with van der Waals surface area (Å²) in [6.45, 7) is 0. The number of aliphatic hydroxyl groups excluding tert-OH is 3. The molecule has 0 heterocycles. The van der Waals surface area contributed by atoms with Gasteiger partial charge in [0.05, 0.1) is 17.7 Å². The smallest absolute Gasteiger partial charge is 0.255 e. The lowest BCUT2D eigenvalue weighted by Crippen LogP contribution is -2.66. The van der Waals surface area contributed by atoms with Gasteiger partial charge in [-0.3, -0.25) is 19.3 Å². The predicted octanol–water partition coefficient (Wildman–Crippen LogP) is -0.545. The lowest BCUT2D eigenvalue weighted by Gasteiger charge is -2.51. The van der Waals surface area contributed by atoms with E-state index in [0.29, 0.717) is 0 Å². The predicted molar refractivity (Wildman–Crippen MR) is 106 cm³/mol. The Morgan fingerprint density at radius 1 is 1.19 bits per heavy atom. The number of aliphatic hydroxyl groups is 4. The molecule has 10 nitrogen and oxygen atoms in total. The molecule has 0 aromatic heterocycles. The molecule has 1 fully saturated rings. The maximum absolute atomic E-state index is 13.5. The minimum atomic E-state index is -2.73. The fraction of sp³-hybridized carbons (Fsp3) is 0.381. The van der Waals surface area contributed by atoms with Gasteiger partial charge in [0, 0.05) is 17.4 Å². The van der Waals surface area contributed by atoms with E-state index in [1.165, 1.54) is 37.2 Å². The number of phenolic OH excluding ortho intramolecular Hbond substituents is 1. The monoisotopic (exact) mass is 430 g/mol. The molecule has 0 aliphatic heterocycles. The van der Waals surface area contributed by atoms with Gasteiger partial charge in [0.1, 0.15) is 22.8 Å². The van der Waals surface area contributed by atoms with Gasteiger partial charge in [-0.05, 0) is 32.1 Å². The van der Waals surface area contributed by atoms with Crippen LogP contribution in [0.15, 0.2) is 35.1 Å². The van der Waals surface area contributed by atoms with Gasteiger partial charge in [0.25, 0.3) is 5.91 Å². The molecule has 0 saturated heterocycles. The molecule has 1 saturated carbocycles. The van der Waals surface area contributed by atoms with Gasteiger partial charge in [0.15, 0.2) is 11.4 Å². The molecule has 0 unspecified atom stereocenters. The zero-order chi connectivity index (χ0) is 23.0. The van der Waals surface area contributed by atoms with Crippen molar-refractivity contribution in [2.45, 2.75) is 24.2 Å². The molecule has 3 aliphatic carbocycles. The molecule has 1 aromatic rings. The molecule has 31 heavy (non-hydrogen) atoms. The zero-order valence-corrected chi connectivity index (χ0v) is 16.7. The van der Waals surface area contributed by atoms with Crippen molar-refractivity contribution in [3.8, 4) is 5.75 Å². The van der Waals surface area contributed by atoms with E-state index in [1.54, 1.807) is 0 Å². The topological polar surface area (TPSA) is 182 Å². The highest BCUT2D eigenvalue weighted by molar-refractivity contribution is 6.24. The van der Waals surface area contributed by atoms with Crippen LogP contribution in [0.4, 0.5) is 0 Å². The first-order chi connectivity index (χ1) is 14.4. The number of phenols is 1. The number of benzene rings is 1. The second-order valence-corrected chi connectivity index (χ2v) is 8.35. The number of hydrogen-bond donors (Lipinski definition) is 6. The molecule has 1 aromatic carbocycles. The molecule has 4 rings (SSSR count). The second-order valence-electron chi connectivity index (χ2n) is 8.35. The van der Waals surface area contributed by atoms with Gasteiger partial charge < -0.3 is 31.3 Å². The van der Waals surface area contributed by atoms with Crippen LogP contribution in [0.25, 0.3) is 5.76 Å². The third-order valence-electron chi connectivity index (χ3n) is 6.57. The number of nitrogens with two attached hydrogens (primary N) is 1. The average molecular weight is 430 g/mol. The van der Waals surface area contributed by atoms with E-state index in [4.69, 9.17) is 5.73 Å². The SMILES string of the molecule is CN(C)[C@H]1C(=O)C(C(N)=O)=C(O)[C@@]2(O)C(=O)C3=C(O)c4c(O)cccc4[C@@H](O)[C@H]3C[C@@H]12. The van der Waals surface area contributed by atoms with Crippen molar-refractivity contribution in [2.24, 2.45) is 17.6 Å². The quantitative estimate of drug-likeness (QED) is 0.336. The molecule has 164 valence electrons. The Hall–Kier alpha value is -3.21. The molecule has 7 N–H and O–H groups in total. The third kappa shape index (κ3) is 2.52. The molecule has 1 amide bonds. The van der Waals surface area contributed by atoms with Crippen LogP contribution in [0.2, 0.25) is 0 Å². The second kappa shape index (κ2) is 6.64. The molecular weight excluding hydrogens is 408 g/mol. The molecule has 10 heteroatoms. The largest absolute Gasteiger partial charge is 0.508 e. The summed E-state index contributed by atoms with van der Waals surface area (Å²) in [5.41, 5.74) is 1.26. The number of carbonyl (C=O) groups excluding carboxylic acids is 3. The number of nitrogens with zero attached hydrogens (tertiary/aromatic N) is 1. The summed E-state index contributed by atoms with van der Waals surface area (Å²) in [7, 11) is 3.00. The van der Waals surface area contributed by atoms with E-state index in [9.17, 15) is 39.9 Å². The van der Waals surface area contributed by atoms with Crippen LogP contribution < -0.4 is 5.73 Å². The molecule has 3 aliphatic rings. The van der Waals surface area contributed by atoms with E-state index in [0.717, 1.165) is 0 Å². The first kappa shape index (κ1) is 21.0. The number of amides is 1. The van der Waals surface area contributed by atoms with Crippen molar-refractivity contribution in [3.63, 3.8) is 0 Å². The normalized spacial score (nSPS) is 32.7. The Labute approximate surface area is 176 Å². The number of carbonyl (C=O) groups is 3. The van der Waals surface area contributed by atoms with Crippen molar-refractivity contribution in [3.05, 3.63) is 46.2 Å². The van der Waals surface area contributed by atoms with Crippen molar-refractivity contribution in [2.75, 3.05) is 14.1 Å². The maximum Gasteiger partial charge on any atom is 0.255 e. The first-order valence-corrected chi connectivity index (χ1v) is 9.59. The number of aromatic hydroxyl groups is 1. The Balaban J connectivity index is 2.01. The maximum atomic E-state index is 13.5. The van der Waals surface area contributed by atoms with Crippen LogP contribution in [0.3, 0.4) is 0 Å². The number of fused-ring (bicyclic) bond motifs is 3. The minimum absolute atomic E-state index is 0.161. The van der Waals surface area contributed by atoms with Gasteiger partial charge in [-0.15, -0.1) is 0 Å². The summed E-state index contributed by atoms with van der Waals surface area (Å²) in [5, 5.41) is 54.1. The number of rotatable bonds is 2. The van der Waals surface area contributed by atoms with Crippen molar-refractivity contribution in [1.29, 1.82) is 0 Å². The van der Waals surface area contributed by atoms with Gasteiger partial charge in [-0.25, -0.2) is 0 Å². The van der Waals surface area contributed by atoms with E-state index in [-0.39, 0.29) is 23.3 Å². The van der Waals surface area contributed by atoms with Crippen molar-refractivity contribution >= 4 is 23.2 Å². The van der Waals surface area contributed by atoms with Crippen LogP contribution in [0.1, 0.15) is 23.7 Å². The van der Waals surface area contributed by atoms with E-state index in [1.807, 2.05) is 0 Å². The summed E-state index contributed by atoms with van der Waals surface area (Å²) in [6.07, 6.45) is -1.51. The average Bonchev–Trinajstić information content (AvgIpc) is 2.68. The Morgan fingerprint density at radius 3 is 2.42 bits per heavy atom. The van der Waals surface area contributed by atoms with Crippen LogP contribution in [0.5, 0.6) is 5.75 Å². The third-order valence-corrected chi connectivity index (χ3v) is 6.57. The summed E-state index contributed by atoms with van der Waals surface area (Å²) in [6, 6.07) is 3.01. The van der Waals surface area contributed by atoms with E-state index >= 15 is 0 Å². The number of Topliss-reactive ketones (excluding diaryl/α,β-unsaturated/α-hetero) is 2. The summed E-state index contributed by atoms with van der Waals surface area (Å²) in [4.78, 5) is 39.7. The Bertz CT molecular complexity index is 1100.